The molecule has 146 valence electrons. The lowest BCUT2D eigenvalue weighted by Crippen LogP contribution is -2.32. The van der Waals surface area contributed by atoms with E-state index in [2.05, 4.69) is 0 Å². The molecule has 0 aliphatic heterocycles. The van der Waals surface area contributed by atoms with Gasteiger partial charge in [0.25, 0.3) is 15.9 Å². The first-order valence-electron chi connectivity index (χ1n) is 7.41. The van der Waals surface area contributed by atoms with Gasteiger partial charge in [0.2, 0.25) is 10.0 Å². The fourth-order valence-electron chi connectivity index (χ4n) is 2.11. The summed E-state index contributed by atoms with van der Waals surface area (Å²) >= 11 is 5.88. The van der Waals surface area contributed by atoms with E-state index in [0.29, 0.717) is 5.56 Å². The number of carbonyl (C=O) groups excluding carboxylic acids is 1. The first kappa shape index (κ1) is 21.3. The molecule has 0 unspecified atom stereocenters. The number of halogens is 2. The molecular formula is C16H16ClFN2O5S2. The van der Waals surface area contributed by atoms with Crippen molar-refractivity contribution in [2.24, 2.45) is 0 Å². The smallest absolute Gasteiger partial charge is 0.267 e. The maximum absolute atomic E-state index is 13.8. The molecule has 0 spiro atoms. The minimum absolute atomic E-state index is 0.294. The van der Waals surface area contributed by atoms with Crippen LogP contribution in [0.2, 0.25) is 5.02 Å². The van der Waals surface area contributed by atoms with Crippen molar-refractivity contribution in [3.8, 4) is 0 Å². The van der Waals surface area contributed by atoms with E-state index < -0.39 is 42.2 Å². The number of aryl methyl sites for hydroxylation is 1. The number of nitrogens with zero attached hydrogens (tertiary/aromatic N) is 1. The average molecular weight is 435 g/mol. The second-order valence-corrected chi connectivity index (χ2v) is 10.0. The van der Waals surface area contributed by atoms with Crippen molar-refractivity contribution >= 4 is 37.6 Å². The summed E-state index contributed by atoms with van der Waals surface area (Å²) in [6, 6.07) is 6.71. The lowest BCUT2D eigenvalue weighted by molar-refractivity contribution is 0.0977. The molecule has 7 nitrogen and oxygen atoms in total. The molecule has 1 N–H and O–H groups in total. The second-order valence-electron chi connectivity index (χ2n) is 5.80. The highest BCUT2D eigenvalue weighted by atomic mass is 35.5. The second kappa shape index (κ2) is 7.55. The van der Waals surface area contributed by atoms with Crippen molar-refractivity contribution in [3.05, 3.63) is 58.4 Å². The van der Waals surface area contributed by atoms with Gasteiger partial charge in [-0.3, -0.25) is 4.79 Å². The maximum Gasteiger partial charge on any atom is 0.267 e. The van der Waals surface area contributed by atoms with Crippen molar-refractivity contribution in [2.45, 2.75) is 16.7 Å². The summed E-state index contributed by atoms with van der Waals surface area (Å²) in [6.45, 7) is 1.61. The Morgan fingerprint density at radius 2 is 1.70 bits per heavy atom. The Hall–Kier alpha value is -2.01. The van der Waals surface area contributed by atoms with E-state index in [-0.39, 0.29) is 9.92 Å². The fraction of sp³-hybridized carbons (Fsp3) is 0.188. The van der Waals surface area contributed by atoms with E-state index in [0.717, 1.165) is 28.6 Å². The van der Waals surface area contributed by atoms with Crippen LogP contribution in [-0.2, 0) is 20.0 Å². The van der Waals surface area contributed by atoms with E-state index >= 15 is 0 Å². The lowest BCUT2D eigenvalue weighted by Gasteiger charge is -2.14. The molecular weight excluding hydrogens is 419 g/mol. The first-order chi connectivity index (χ1) is 12.4. The van der Waals surface area contributed by atoms with Crippen LogP contribution in [0.15, 0.2) is 46.2 Å². The van der Waals surface area contributed by atoms with Gasteiger partial charge in [0.05, 0.1) is 15.5 Å². The fourth-order valence-corrected chi connectivity index (χ4v) is 4.60. The zero-order chi connectivity index (χ0) is 20.6. The van der Waals surface area contributed by atoms with Gasteiger partial charge in [-0.15, -0.1) is 0 Å². The van der Waals surface area contributed by atoms with Crippen LogP contribution < -0.4 is 4.72 Å². The van der Waals surface area contributed by atoms with E-state index in [1.807, 2.05) is 0 Å². The van der Waals surface area contributed by atoms with Crippen molar-refractivity contribution < 1.29 is 26.0 Å². The van der Waals surface area contributed by atoms with Crippen LogP contribution in [0.4, 0.5) is 4.39 Å². The van der Waals surface area contributed by atoms with Gasteiger partial charge in [-0.05, 0) is 37.3 Å². The van der Waals surface area contributed by atoms with Crippen LogP contribution in [0.3, 0.4) is 0 Å². The summed E-state index contributed by atoms with van der Waals surface area (Å²) in [5, 5.41) is -0.294. The normalized spacial score (nSPS) is 12.2. The van der Waals surface area contributed by atoms with Crippen LogP contribution in [0.1, 0.15) is 15.9 Å². The number of hydrogen-bond acceptors (Lipinski definition) is 5. The highest BCUT2D eigenvalue weighted by molar-refractivity contribution is 7.90. The molecule has 0 heterocycles. The zero-order valence-corrected chi connectivity index (χ0v) is 16.9. The molecule has 2 aromatic rings. The van der Waals surface area contributed by atoms with Gasteiger partial charge < -0.3 is 0 Å². The minimum Gasteiger partial charge on any atom is -0.268 e. The molecule has 0 radical (unpaired) electrons. The van der Waals surface area contributed by atoms with Gasteiger partial charge in [-0.1, -0.05) is 23.2 Å². The van der Waals surface area contributed by atoms with Crippen molar-refractivity contribution in [2.75, 3.05) is 14.1 Å². The Morgan fingerprint density at radius 1 is 1.07 bits per heavy atom. The maximum atomic E-state index is 13.8. The van der Waals surface area contributed by atoms with Gasteiger partial charge in [-0.25, -0.2) is 30.3 Å². The molecule has 0 saturated heterocycles. The van der Waals surface area contributed by atoms with E-state index in [9.17, 15) is 26.0 Å². The summed E-state index contributed by atoms with van der Waals surface area (Å²) in [5.74, 6) is -2.10. The molecule has 27 heavy (non-hydrogen) atoms. The molecule has 0 aliphatic carbocycles. The molecule has 2 aromatic carbocycles. The Labute approximate surface area is 161 Å². The number of nitrogens with one attached hydrogen (secondary N) is 1. The quantitative estimate of drug-likeness (QED) is 0.777. The van der Waals surface area contributed by atoms with Crippen LogP contribution in [-0.4, -0.2) is 41.1 Å². The van der Waals surface area contributed by atoms with E-state index in [1.165, 1.54) is 26.2 Å². The highest BCUT2D eigenvalue weighted by Crippen LogP contribution is 2.26. The third-order valence-electron chi connectivity index (χ3n) is 3.56. The minimum atomic E-state index is -4.56. The molecule has 0 aromatic heterocycles. The predicted molar refractivity (Wildman–Crippen MR) is 98.1 cm³/mol. The third kappa shape index (κ3) is 4.46. The topological polar surface area (TPSA) is 101 Å². The van der Waals surface area contributed by atoms with Crippen LogP contribution in [0, 0.1) is 12.7 Å². The number of amides is 1. The van der Waals surface area contributed by atoms with Crippen LogP contribution in [0.25, 0.3) is 0 Å². The van der Waals surface area contributed by atoms with Crippen molar-refractivity contribution in [3.63, 3.8) is 0 Å². The van der Waals surface area contributed by atoms with Gasteiger partial charge in [0.1, 0.15) is 10.7 Å². The van der Waals surface area contributed by atoms with Crippen molar-refractivity contribution in [1.29, 1.82) is 0 Å². The summed E-state index contributed by atoms with van der Waals surface area (Å²) in [7, 11) is -5.93. The molecule has 0 saturated carbocycles. The molecule has 0 aliphatic rings. The third-order valence-corrected chi connectivity index (χ3v) is 7.19. The first-order valence-corrected chi connectivity index (χ1v) is 10.7. The largest absolute Gasteiger partial charge is 0.268 e. The Balaban J connectivity index is 2.48. The molecule has 0 fully saturated rings. The van der Waals surface area contributed by atoms with Crippen LogP contribution in [0.5, 0.6) is 0 Å². The van der Waals surface area contributed by atoms with Crippen LogP contribution >= 0.6 is 11.6 Å². The van der Waals surface area contributed by atoms with Gasteiger partial charge >= 0.3 is 0 Å². The monoisotopic (exact) mass is 434 g/mol. The number of carbonyl (C=O) groups is 1. The Bertz CT molecular complexity index is 1120. The Kier molecular flexibility index (Phi) is 5.95. The molecule has 0 bridgehead atoms. The van der Waals surface area contributed by atoms with Crippen molar-refractivity contribution in [1.82, 2.24) is 9.03 Å². The summed E-state index contributed by atoms with van der Waals surface area (Å²) in [6.07, 6.45) is 0. The molecule has 0 atom stereocenters. The highest BCUT2D eigenvalue weighted by Gasteiger charge is 2.26. The van der Waals surface area contributed by atoms with E-state index in [4.69, 9.17) is 11.6 Å². The number of sulfonamides is 2. The molecule has 2 rings (SSSR count). The summed E-state index contributed by atoms with van der Waals surface area (Å²) in [4.78, 5) is 11.3. The molecule has 1 amide bonds. The lowest BCUT2D eigenvalue weighted by atomic mass is 10.1. The number of benzene rings is 2. The SMILES string of the molecule is Cc1ccc(F)c(C(=O)NS(=O)(=O)c2cc(S(=O)(=O)N(C)C)ccc2Cl)c1. The van der Waals surface area contributed by atoms with Gasteiger partial charge in [0, 0.05) is 14.1 Å². The molecule has 11 heteroatoms. The zero-order valence-electron chi connectivity index (χ0n) is 14.5. The Morgan fingerprint density at radius 3 is 2.30 bits per heavy atom. The van der Waals surface area contributed by atoms with Gasteiger partial charge in [-0.2, -0.15) is 0 Å². The summed E-state index contributed by atoms with van der Waals surface area (Å²) < 4.78 is 65.9. The standard InChI is InChI=1S/C16H16ClFN2O5S2/c1-10-4-7-14(18)12(8-10)16(21)19-26(22,23)15-9-11(5-6-13(15)17)27(24,25)20(2)3/h4-9H,1-3H3,(H,19,21). The number of rotatable bonds is 5. The summed E-state index contributed by atoms with van der Waals surface area (Å²) in [5.41, 5.74) is 0.0859. The average Bonchev–Trinajstić information content (AvgIpc) is 2.56. The number of hydrogen-bond donors (Lipinski definition) is 1. The van der Waals surface area contributed by atoms with Gasteiger partial charge in [0.15, 0.2) is 0 Å². The predicted octanol–water partition coefficient (Wildman–Crippen LogP) is 2.16. The van der Waals surface area contributed by atoms with E-state index in [1.54, 1.807) is 11.6 Å².